The van der Waals surface area contributed by atoms with Crippen molar-refractivity contribution in [2.45, 2.75) is 6.61 Å². The Hall–Kier alpha value is -5.10. The molecule has 200 valence electrons. The molecule has 0 aliphatic rings. The summed E-state index contributed by atoms with van der Waals surface area (Å²) in [4.78, 5) is 16.4. The first-order valence-corrected chi connectivity index (χ1v) is 13.0. The van der Waals surface area contributed by atoms with Crippen LogP contribution in [0.5, 0.6) is 11.5 Å². The molecule has 0 atom stereocenters. The number of benzene rings is 4. The maximum absolute atomic E-state index is 11.8. The smallest absolute Gasteiger partial charge is 0.337 e. The van der Waals surface area contributed by atoms with E-state index in [4.69, 9.17) is 14.2 Å². The van der Waals surface area contributed by atoms with Crippen molar-refractivity contribution in [3.8, 4) is 11.5 Å². The lowest BCUT2D eigenvalue weighted by Gasteiger charge is -2.14. The lowest BCUT2D eigenvalue weighted by Crippen LogP contribution is -2.12. The van der Waals surface area contributed by atoms with E-state index in [1.165, 1.54) is 7.11 Å². The number of nitrogens with one attached hydrogen (secondary N) is 1. The van der Waals surface area contributed by atoms with Gasteiger partial charge in [-0.2, -0.15) is 0 Å². The number of fused-ring (bicyclic) bond motifs is 1. The van der Waals surface area contributed by atoms with Gasteiger partial charge in [-0.3, -0.25) is 4.98 Å². The van der Waals surface area contributed by atoms with Gasteiger partial charge >= 0.3 is 5.97 Å². The van der Waals surface area contributed by atoms with Crippen molar-refractivity contribution in [3.63, 3.8) is 0 Å². The monoisotopic (exact) mass is 530 g/mol. The van der Waals surface area contributed by atoms with Crippen molar-refractivity contribution in [2.24, 2.45) is 0 Å². The summed E-state index contributed by atoms with van der Waals surface area (Å²) < 4.78 is 16.8. The second kappa shape index (κ2) is 13.1. The summed E-state index contributed by atoms with van der Waals surface area (Å²) >= 11 is 0. The van der Waals surface area contributed by atoms with Crippen molar-refractivity contribution < 1.29 is 19.0 Å². The summed E-state index contributed by atoms with van der Waals surface area (Å²) in [7, 11) is 1.38. The van der Waals surface area contributed by atoms with Gasteiger partial charge in [0.25, 0.3) is 0 Å². The van der Waals surface area contributed by atoms with E-state index in [-0.39, 0.29) is 5.97 Å². The van der Waals surface area contributed by atoms with Crippen LogP contribution in [-0.2, 0) is 11.3 Å². The minimum absolute atomic E-state index is 0.360. The van der Waals surface area contributed by atoms with Gasteiger partial charge in [0.2, 0.25) is 0 Å². The quantitative estimate of drug-likeness (QED) is 0.183. The molecule has 0 amide bonds. The maximum atomic E-state index is 11.8. The van der Waals surface area contributed by atoms with E-state index < -0.39 is 0 Å². The second-order valence-corrected chi connectivity index (χ2v) is 9.22. The SMILES string of the molecule is COC(=O)c1ccc(C=C(CNc2cnc3ccccc3c2)COc2ccc(OCc3ccccc3)cc2)cc1. The van der Waals surface area contributed by atoms with Gasteiger partial charge in [-0.05, 0) is 65.2 Å². The molecule has 0 spiro atoms. The molecule has 1 heterocycles. The van der Waals surface area contributed by atoms with E-state index >= 15 is 0 Å². The first-order valence-electron chi connectivity index (χ1n) is 13.0. The molecule has 5 aromatic rings. The van der Waals surface area contributed by atoms with E-state index in [1.54, 1.807) is 12.1 Å². The standard InChI is InChI=1S/C34H30N2O4/c1-38-34(37)28-13-11-25(12-14-28)19-27(21-35-30-20-29-9-5-6-10-33(29)36-22-30)24-40-32-17-15-31(16-18-32)39-23-26-7-3-2-4-8-26/h2-20,22,35H,21,23-24H2,1H3. The zero-order valence-electron chi connectivity index (χ0n) is 22.2. The molecule has 1 N–H and O–H groups in total. The molecule has 0 aliphatic carbocycles. The van der Waals surface area contributed by atoms with Gasteiger partial charge in [-0.25, -0.2) is 4.79 Å². The van der Waals surface area contributed by atoms with Crippen LogP contribution in [-0.4, -0.2) is 31.2 Å². The number of anilines is 1. The number of carbonyl (C=O) groups is 1. The fourth-order valence-electron chi connectivity index (χ4n) is 4.15. The molecule has 0 radical (unpaired) electrons. The fourth-order valence-corrected chi connectivity index (χ4v) is 4.15. The minimum Gasteiger partial charge on any atom is -0.489 e. The second-order valence-electron chi connectivity index (χ2n) is 9.22. The molecule has 0 fully saturated rings. The van der Waals surface area contributed by atoms with Crippen molar-refractivity contribution in [3.05, 3.63) is 138 Å². The highest BCUT2D eigenvalue weighted by Crippen LogP contribution is 2.21. The number of pyridine rings is 1. The molecule has 1 aromatic heterocycles. The van der Waals surface area contributed by atoms with Gasteiger partial charge in [0, 0.05) is 11.9 Å². The topological polar surface area (TPSA) is 69.7 Å². The van der Waals surface area contributed by atoms with Crippen LogP contribution >= 0.6 is 0 Å². The third-order valence-electron chi connectivity index (χ3n) is 6.31. The van der Waals surface area contributed by atoms with Gasteiger partial charge in [-0.15, -0.1) is 0 Å². The van der Waals surface area contributed by atoms with Gasteiger partial charge in [-0.1, -0.05) is 66.7 Å². The molecular formula is C34H30N2O4. The number of aromatic nitrogens is 1. The van der Waals surface area contributed by atoms with Crippen molar-refractivity contribution in [1.29, 1.82) is 0 Å². The number of carbonyl (C=O) groups excluding carboxylic acids is 1. The molecule has 6 heteroatoms. The average Bonchev–Trinajstić information content (AvgIpc) is 3.02. The number of hydrogen-bond donors (Lipinski definition) is 1. The normalized spacial score (nSPS) is 11.2. The number of rotatable bonds is 11. The van der Waals surface area contributed by atoms with E-state index in [0.717, 1.165) is 44.8 Å². The highest BCUT2D eigenvalue weighted by molar-refractivity contribution is 5.89. The van der Waals surface area contributed by atoms with Gasteiger partial charge < -0.3 is 19.5 Å². The van der Waals surface area contributed by atoms with Crippen molar-refractivity contribution in [2.75, 3.05) is 25.6 Å². The summed E-state index contributed by atoms with van der Waals surface area (Å²) in [6.07, 6.45) is 3.89. The van der Waals surface area contributed by atoms with Crippen LogP contribution in [0.4, 0.5) is 5.69 Å². The number of para-hydroxylation sites is 1. The van der Waals surface area contributed by atoms with E-state index in [0.29, 0.717) is 25.3 Å². The van der Waals surface area contributed by atoms with Crippen LogP contribution in [0.25, 0.3) is 17.0 Å². The average molecular weight is 531 g/mol. The Labute approximate surface area is 233 Å². The minimum atomic E-state index is -0.360. The summed E-state index contributed by atoms with van der Waals surface area (Å²) in [5.74, 6) is 1.16. The zero-order valence-corrected chi connectivity index (χ0v) is 22.2. The molecule has 0 saturated carbocycles. The van der Waals surface area contributed by atoms with Crippen LogP contribution < -0.4 is 14.8 Å². The lowest BCUT2D eigenvalue weighted by molar-refractivity contribution is 0.0600. The van der Waals surface area contributed by atoms with Crippen LogP contribution in [0.3, 0.4) is 0 Å². The molecular weight excluding hydrogens is 500 g/mol. The predicted octanol–water partition coefficient (Wildman–Crippen LogP) is 7.17. The van der Waals surface area contributed by atoms with E-state index in [1.807, 2.05) is 97.2 Å². The summed E-state index contributed by atoms with van der Waals surface area (Å²) in [6, 6.07) is 35.1. The number of hydrogen-bond acceptors (Lipinski definition) is 6. The maximum Gasteiger partial charge on any atom is 0.337 e. The Balaban J connectivity index is 1.26. The van der Waals surface area contributed by atoms with E-state index in [2.05, 4.69) is 22.4 Å². The molecule has 0 bridgehead atoms. The van der Waals surface area contributed by atoms with E-state index in [9.17, 15) is 4.79 Å². The number of esters is 1. The van der Waals surface area contributed by atoms with Crippen LogP contribution in [0.1, 0.15) is 21.5 Å². The van der Waals surface area contributed by atoms with Gasteiger partial charge in [0.1, 0.15) is 24.7 Å². The Morgan fingerprint density at radius 2 is 1.52 bits per heavy atom. The molecule has 5 rings (SSSR count). The molecule has 6 nitrogen and oxygen atoms in total. The third-order valence-corrected chi connectivity index (χ3v) is 6.31. The number of ether oxygens (including phenoxy) is 3. The van der Waals surface area contributed by atoms with Crippen molar-refractivity contribution >= 4 is 28.6 Å². The first kappa shape index (κ1) is 26.5. The van der Waals surface area contributed by atoms with Crippen LogP contribution in [0.2, 0.25) is 0 Å². The number of methoxy groups -OCH3 is 1. The summed E-state index contributed by atoms with van der Waals surface area (Å²) in [5, 5.41) is 4.54. The first-order chi connectivity index (χ1) is 19.7. The summed E-state index contributed by atoms with van der Waals surface area (Å²) in [5.41, 5.74) is 5.47. The molecule has 40 heavy (non-hydrogen) atoms. The third kappa shape index (κ3) is 7.26. The molecule has 0 aliphatic heterocycles. The Kier molecular flexibility index (Phi) is 8.69. The number of nitrogens with zero attached hydrogens (tertiary/aromatic N) is 1. The predicted molar refractivity (Wildman–Crippen MR) is 159 cm³/mol. The Bertz CT molecular complexity index is 1580. The van der Waals surface area contributed by atoms with Crippen LogP contribution in [0.15, 0.2) is 121 Å². The van der Waals surface area contributed by atoms with Gasteiger partial charge in [0.05, 0.1) is 30.1 Å². The molecule has 0 unspecified atom stereocenters. The highest BCUT2D eigenvalue weighted by atomic mass is 16.5. The fraction of sp³-hybridized carbons (Fsp3) is 0.118. The van der Waals surface area contributed by atoms with Crippen molar-refractivity contribution in [1.82, 2.24) is 4.98 Å². The molecule has 0 saturated heterocycles. The van der Waals surface area contributed by atoms with Crippen LogP contribution in [0, 0.1) is 0 Å². The highest BCUT2D eigenvalue weighted by Gasteiger charge is 2.07. The summed E-state index contributed by atoms with van der Waals surface area (Å²) in [6.45, 7) is 1.44. The lowest BCUT2D eigenvalue weighted by atomic mass is 10.1. The van der Waals surface area contributed by atoms with Gasteiger partial charge in [0.15, 0.2) is 0 Å². The zero-order chi connectivity index (χ0) is 27.6. The largest absolute Gasteiger partial charge is 0.489 e. The Morgan fingerprint density at radius 1 is 0.825 bits per heavy atom. The Morgan fingerprint density at radius 3 is 2.27 bits per heavy atom. The molecule has 4 aromatic carbocycles.